The molecule has 0 N–H and O–H groups in total. The molecular weight excluding hydrogens is 293 g/mol. The Kier molecular flexibility index (Phi) is 3.26. The van der Waals surface area contributed by atoms with Gasteiger partial charge in [0.1, 0.15) is 5.82 Å². The van der Waals surface area contributed by atoms with E-state index in [0.29, 0.717) is 0 Å². The zero-order valence-corrected chi connectivity index (χ0v) is 11.9. The fourth-order valence-electron chi connectivity index (χ4n) is 2.32. The molecule has 0 saturated carbocycles. The average molecular weight is 304 g/mol. The Balaban J connectivity index is 2.01. The van der Waals surface area contributed by atoms with Crippen LogP contribution in [0.1, 0.15) is 21.5 Å². The van der Waals surface area contributed by atoms with Crippen LogP contribution in [0.15, 0.2) is 36.4 Å². The second kappa shape index (κ2) is 4.97. The summed E-state index contributed by atoms with van der Waals surface area (Å²) < 4.78 is 13.6. The van der Waals surface area contributed by atoms with Gasteiger partial charge in [-0.3, -0.25) is 9.59 Å². The third-order valence-electron chi connectivity index (χ3n) is 3.47. The second-order valence-corrected chi connectivity index (χ2v) is 5.40. The predicted octanol–water partition coefficient (Wildman–Crippen LogP) is 3.52. The number of benzene rings is 2. The number of hydrogen-bond donors (Lipinski definition) is 0. The quantitative estimate of drug-likeness (QED) is 0.796. The summed E-state index contributed by atoms with van der Waals surface area (Å²) in [6.45, 7) is 2.18. The van der Waals surface area contributed by atoms with E-state index in [2.05, 4.69) is 0 Å². The minimum Gasteiger partial charge on any atom is -0.300 e. The molecule has 5 heteroatoms. The van der Waals surface area contributed by atoms with Gasteiger partial charge in [-0.15, -0.1) is 0 Å². The van der Waals surface area contributed by atoms with Crippen molar-refractivity contribution in [1.82, 2.24) is 0 Å². The van der Waals surface area contributed by atoms with Crippen molar-refractivity contribution in [2.75, 3.05) is 4.90 Å². The highest BCUT2D eigenvalue weighted by Gasteiger charge is 2.36. The molecule has 0 radical (unpaired) electrons. The molecule has 0 aliphatic carbocycles. The number of carbonyl (C=O) groups excluding carboxylic acids is 2. The first-order valence-electron chi connectivity index (χ1n) is 6.38. The molecule has 2 aromatic rings. The summed E-state index contributed by atoms with van der Waals surface area (Å²) in [5.41, 5.74) is 2.39. The van der Waals surface area contributed by atoms with Crippen molar-refractivity contribution in [1.29, 1.82) is 0 Å². The van der Waals surface area contributed by atoms with Gasteiger partial charge in [0, 0.05) is 0 Å². The van der Waals surface area contributed by atoms with Crippen LogP contribution >= 0.6 is 11.6 Å². The van der Waals surface area contributed by atoms with Crippen LogP contribution in [0.5, 0.6) is 0 Å². The monoisotopic (exact) mass is 303 g/mol. The average Bonchev–Trinajstić information content (AvgIpc) is 2.67. The van der Waals surface area contributed by atoms with Crippen molar-refractivity contribution >= 4 is 29.0 Å². The molecule has 0 unspecified atom stereocenters. The van der Waals surface area contributed by atoms with Gasteiger partial charge >= 0.3 is 0 Å². The van der Waals surface area contributed by atoms with Gasteiger partial charge in [-0.05, 0) is 24.6 Å². The van der Waals surface area contributed by atoms with Gasteiger partial charge in [-0.2, -0.15) is 0 Å². The number of nitrogens with zero attached hydrogens (tertiary/aromatic N) is 1. The van der Waals surface area contributed by atoms with Crippen molar-refractivity contribution in [2.24, 2.45) is 0 Å². The normalized spacial score (nSPS) is 13.8. The Labute approximate surface area is 125 Å². The van der Waals surface area contributed by atoms with Gasteiger partial charge in [0.15, 0.2) is 0 Å². The summed E-state index contributed by atoms with van der Waals surface area (Å²) in [5, 5.41) is -0.160. The largest absolute Gasteiger partial charge is 0.300 e. The zero-order chi connectivity index (χ0) is 15.1. The lowest BCUT2D eigenvalue weighted by molar-refractivity contribution is -0.114. The molecule has 1 heterocycles. The van der Waals surface area contributed by atoms with Crippen molar-refractivity contribution in [3.05, 3.63) is 63.9 Å². The molecule has 1 aliphatic heterocycles. The predicted molar refractivity (Wildman–Crippen MR) is 78.1 cm³/mol. The lowest BCUT2D eigenvalue weighted by Crippen LogP contribution is -2.29. The van der Waals surface area contributed by atoms with Crippen LogP contribution in [0.2, 0.25) is 5.02 Å². The van der Waals surface area contributed by atoms with Crippen LogP contribution in [0.25, 0.3) is 0 Å². The first-order chi connectivity index (χ1) is 9.97. The standard InChI is InChI=1S/C16H11ClFNO2/c1-9-2-4-10(5-3-9)8-19-14-7-13(18)12(17)6-11(14)15(20)16(19)21/h2-7H,8H2,1H3. The fraction of sp³-hybridized carbons (Fsp3) is 0.125. The second-order valence-electron chi connectivity index (χ2n) is 4.99. The molecule has 3 rings (SSSR count). The Morgan fingerprint density at radius 1 is 1.14 bits per heavy atom. The van der Waals surface area contributed by atoms with Crippen LogP contribution in [0.3, 0.4) is 0 Å². The number of rotatable bonds is 2. The molecule has 106 valence electrons. The van der Waals surface area contributed by atoms with E-state index in [9.17, 15) is 14.0 Å². The molecular formula is C16H11ClFNO2. The molecule has 0 atom stereocenters. The Morgan fingerprint density at radius 3 is 2.48 bits per heavy atom. The van der Waals surface area contributed by atoms with E-state index >= 15 is 0 Å². The molecule has 0 aromatic heterocycles. The molecule has 0 bridgehead atoms. The van der Waals surface area contributed by atoms with E-state index in [1.807, 2.05) is 31.2 Å². The third kappa shape index (κ3) is 2.32. The number of fused-ring (bicyclic) bond motifs is 1. The smallest absolute Gasteiger partial charge is 0.299 e. The molecule has 1 amide bonds. The first-order valence-corrected chi connectivity index (χ1v) is 6.76. The summed E-state index contributed by atoms with van der Waals surface area (Å²) >= 11 is 5.67. The number of anilines is 1. The van der Waals surface area contributed by atoms with E-state index < -0.39 is 17.5 Å². The molecule has 21 heavy (non-hydrogen) atoms. The summed E-state index contributed by atoms with van der Waals surface area (Å²) in [6.07, 6.45) is 0. The van der Waals surface area contributed by atoms with Crippen molar-refractivity contribution in [3.63, 3.8) is 0 Å². The van der Waals surface area contributed by atoms with Crippen molar-refractivity contribution in [2.45, 2.75) is 13.5 Å². The Bertz CT molecular complexity index is 756. The van der Waals surface area contributed by atoms with Crippen LogP contribution in [-0.2, 0) is 11.3 Å². The number of carbonyl (C=O) groups is 2. The maximum Gasteiger partial charge on any atom is 0.299 e. The Hall–Kier alpha value is -2.20. The fourth-order valence-corrected chi connectivity index (χ4v) is 2.49. The zero-order valence-electron chi connectivity index (χ0n) is 11.2. The molecule has 3 nitrogen and oxygen atoms in total. The van der Waals surface area contributed by atoms with E-state index in [-0.39, 0.29) is 22.8 Å². The van der Waals surface area contributed by atoms with Gasteiger partial charge in [0.2, 0.25) is 0 Å². The summed E-state index contributed by atoms with van der Waals surface area (Å²) in [6, 6.07) is 9.92. The molecule has 1 aliphatic rings. The summed E-state index contributed by atoms with van der Waals surface area (Å²) in [4.78, 5) is 25.3. The molecule has 0 saturated heterocycles. The number of Topliss-reactive ketones (excluding diaryl/α,β-unsaturated/α-hetero) is 1. The maximum atomic E-state index is 13.6. The highest BCUT2D eigenvalue weighted by atomic mass is 35.5. The number of halogens is 2. The Morgan fingerprint density at radius 2 is 1.81 bits per heavy atom. The van der Waals surface area contributed by atoms with Gasteiger partial charge in [-0.1, -0.05) is 41.4 Å². The van der Waals surface area contributed by atoms with E-state index in [1.165, 1.54) is 11.0 Å². The van der Waals surface area contributed by atoms with Crippen LogP contribution in [0.4, 0.5) is 10.1 Å². The van der Waals surface area contributed by atoms with Crippen LogP contribution < -0.4 is 4.90 Å². The highest BCUT2D eigenvalue weighted by Crippen LogP contribution is 2.34. The molecule has 2 aromatic carbocycles. The summed E-state index contributed by atoms with van der Waals surface area (Å²) in [5.74, 6) is -1.96. The van der Waals surface area contributed by atoms with Gasteiger partial charge in [-0.25, -0.2) is 4.39 Å². The van der Waals surface area contributed by atoms with Gasteiger partial charge < -0.3 is 4.90 Å². The third-order valence-corrected chi connectivity index (χ3v) is 3.76. The van der Waals surface area contributed by atoms with Crippen molar-refractivity contribution in [3.8, 4) is 0 Å². The lowest BCUT2D eigenvalue weighted by atomic mass is 10.1. The number of amides is 1. The highest BCUT2D eigenvalue weighted by molar-refractivity contribution is 6.52. The number of hydrogen-bond acceptors (Lipinski definition) is 2. The van der Waals surface area contributed by atoms with Gasteiger partial charge in [0.25, 0.3) is 11.7 Å². The van der Waals surface area contributed by atoms with E-state index in [4.69, 9.17) is 11.6 Å². The maximum absolute atomic E-state index is 13.6. The topological polar surface area (TPSA) is 37.4 Å². The number of ketones is 1. The van der Waals surface area contributed by atoms with E-state index in [0.717, 1.165) is 17.2 Å². The van der Waals surface area contributed by atoms with E-state index in [1.54, 1.807) is 0 Å². The minimum absolute atomic E-state index is 0.151. The van der Waals surface area contributed by atoms with Crippen LogP contribution in [-0.4, -0.2) is 11.7 Å². The molecule has 0 fully saturated rings. The first kappa shape index (κ1) is 13.8. The molecule has 0 spiro atoms. The SMILES string of the molecule is Cc1ccc(CN2C(=O)C(=O)c3cc(Cl)c(F)cc32)cc1. The minimum atomic E-state index is -0.660. The lowest BCUT2D eigenvalue weighted by Gasteiger charge is -2.17. The van der Waals surface area contributed by atoms with Crippen LogP contribution in [0, 0.1) is 12.7 Å². The van der Waals surface area contributed by atoms with Crippen molar-refractivity contribution < 1.29 is 14.0 Å². The van der Waals surface area contributed by atoms with Gasteiger partial charge in [0.05, 0.1) is 22.8 Å². The number of aryl methyl sites for hydroxylation is 1. The summed E-state index contributed by atoms with van der Waals surface area (Å²) in [7, 11) is 0.